The van der Waals surface area contributed by atoms with Crippen molar-refractivity contribution in [1.82, 2.24) is 9.80 Å². The maximum atomic E-state index is 13.7. The van der Waals surface area contributed by atoms with Crippen LogP contribution in [0.5, 0.6) is 11.5 Å². The Balaban J connectivity index is 1.26. The molecule has 2 fully saturated rings. The monoisotopic (exact) mass is 683 g/mol. The molecule has 2 saturated heterocycles. The highest BCUT2D eigenvalue weighted by molar-refractivity contribution is 9.10. The molecule has 0 saturated carbocycles. The van der Waals surface area contributed by atoms with E-state index in [-0.39, 0.29) is 36.6 Å². The van der Waals surface area contributed by atoms with Crippen LogP contribution in [-0.4, -0.2) is 77.0 Å². The Labute approximate surface area is 269 Å². The molecule has 2 N–H and O–H groups in total. The zero-order valence-electron chi connectivity index (χ0n) is 25.2. The third-order valence-corrected chi connectivity index (χ3v) is 8.01. The molecular formula is C33H35BrFN3O7. The Morgan fingerprint density at radius 2 is 1.51 bits per heavy atom. The molecule has 12 heteroatoms. The van der Waals surface area contributed by atoms with Crippen LogP contribution in [0.25, 0.3) is 11.1 Å². The zero-order valence-corrected chi connectivity index (χ0v) is 26.8. The number of carbonyl (C=O) groups excluding carboxylic acids is 2. The van der Waals surface area contributed by atoms with Crippen molar-refractivity contribution in [3.8, 4) is 22.6 Å². The van der Waals surface area contributed by atoms with E-state index in [0.29, 0.717) is 70.8 Å². The summed E-state index contributed by atoms with van der Waals surface area (Å²) in [7, 11) is 0. The summed E-state index contributed by atoms with van der Waals surface area (Å²) in [5.41, 5.74) is 1.62. The summed E-state index contributed by atoms with van der Waals surface area (Å²) in [6, 6.07) is 16.1. The standard InChI is InChI=1S/C33H35BrFN3O7/c1-33(2,3)45-32(42)38-15-13-25(19-38)44-29-10-6-21(16-27(29)34)30(39)36-23-9-11-28(43-24-12-14-37(18-24)31(40)41)26(17-23)20-4-7-22(35)8-5-20/h4-11,16-17,24-25H,12-15,18-19H2,1-3H3,(H,36,39)(H,40,41)/t24-,25-/m0/s1. The van der Waals surface area contributed by atoms with E-state index in [9.17, 15) is 23.9 Å². The van der Waals surface area contributed by atoms with Crippen LogP contribution in [0.1, 0.15) is 44.0 Å². The number of carboxylic acid groups (broad SMARTS) is 1. The van der Waals surface area contributed by atoms with Crippen molar-refractivity contribution in [2.24, 2.45) is 0 Å². The third-order valence-electron chi connectivity index (χ3n) is 7.39. The van der Waals surface area contributed by atoms with E-state index < -0.39 is 11.7 Å². The summed E-state index contributed by atoms with van der Waals surface area (Å²) in [5, 5.41) is 12.2. The summed E-state index contributed by atoms with van der Waals surface area (Å²) in [6.07, 6.45) is -0.704. The van der Waals surface area contributed by atoms with Crippen LogP contribution in [0.15, 0.2) is 65.1 Å². The molecule has 3 aromatic rings. The Hall–Kier alpha value is -4.32. The SMILES string of the molecule is CC(C)(C)OC(=O)N1CC[C@H](Oc2ccc(C(=O)Nc3ccc(O[C@H]4CCN(C(=O)O)C4)c(-c4ccc(F)cc4)c3)cc2Br)C1. The van der Waals surface area contributed by atoms with Crippen molar-refractivity contribution in [2.75, 3.05) is 31.5 Å². The normalized spacial score (nSPS) is 18.1. The summed E-state index contributed by atoms with van der Waals surface area (Å²) < 4.78 is 32.0. The number of nitrogens with zero attached hydrogens (tertiary/aromatic N) is 2. The minimum absolute atomic E-state index is 0.212. The van der Waals surface area contributed by atoms with Gasteiger partial charge in [0.2, 0.25) is 0 Å². The van der Waals surface area contributed by atoms with Gasteiger partial charge in [-0.15, -0.1) is 0 Å². The smallest absolute Gasteiger partial charge is 0.410 e. The number of anilines is 1. The highest BCUT2D eigenvalue weighted by atomic mass is 79.9. The van der Waals surface area contributed by atoms with Gasteiger partial charge in [-0.1, -0.05) is 12.1 Å². The predicted octanol–water partition coefficient (Wildman–Crippen LogP) is 7.03. The maximum Gasteiger partial charge on any atom is 0.410 e. The van der Waals surface area contributed by atoms with Gasteiger partial charge in [0, 0.05) is 42.7 Å². The van der Waals surface area contributed by atoms with Gasteiger partial charge in [-0.2, -0.15) is 0 Å². The molecule has 3 aromatic carbocycles. The van der Waals surface area contributed by atoms with Crippen molar-refractivity contribution in [3.05, 3.63) is 76.5 Å². The van der Waals surface area contributed by atoms with Crippen LogP contribution < -0.4 is 14.8 Å². The molecule has 0 radical (unpaired) electrons. The van der Waals surface area contributed by atoms with E-state index in [1.807, 2.05) is 20.8 Å². The second-order valence-corrected chi connectivity index (χ2v) is 12.9. The largest absolute Gasteiger partial charge is 0.488 e. The number of benzene rings is 3. The number of rotatable bonds is 7. The number of carbonyl (C=O) groups is 3. The van der Waals surface area contributed by atoms with Gasteiger partial charge in [0.25, 0.3) is 5.91 Å². The van der Waals surface area contributed by atoms with E-state index >= 15 is 0 Å². The number of hydrogen-bond acceptors (Lipinski definition) is 6. The second kappa shape index (κ2) is 13.4. The Morgan fingerprint density at radius 3 is 2.13 bits per heavy atom. The van der Waals surface area contributed by atoms with E-state index in [4.69, 9.17) is 14.2 Å². The van der Waals surface area contributed by atoms with Crippen molar-refractivity contribution >= 4 is 39.7 Å². The first-order valence-corrected chi connectivity index (χ1v) is 15.4. The van der Waals surface area contributed by atoms with Crippen molar-refractivity contribution in [1.29, 1.82) is 0 Å². The second-order valence-electron chi connectivity index (χ2n) is 12.0. The average Bonchev–Trinajstić information content (AvgIpc) is 3.65. The van der Waals surface area contributed by atoms with Crippen molar-refractivity contribution in [3.63, 3.8) is 0 Å². The topological polar surface area (TPSA) is 118 Å². The third kappa shape index (κ3) is 8.24. The quantitative estimate of drug-likeness (QED) is 0.275. The van der Waals surface area contributed by atoms with Crippen LogP contribution in [0.3, 0.4) is 0 Å². The van der Waals surface area contributed by atoms with Gasteiger partial charge in [0.05, 0.1) is 17.6 Å². The number of hydrogen-bond donors (Lipinski definition) is 2. The first kappa shape index (κ1) is 32.1. The van der Waals surface area contributed by atoms with Crippen LogP contribution in [0.2, 0.25) is 0 Å². The van der Waals surface area contributed by atoms with Crippen LogP contribution in [-0.2, 0) is 4.74 Å². The van der Waals surface area contributed by atoms with Crippen LogP contribution in [0, 0.1) is 5.82 Å². The summed E-state index contributed by atoms with van der Waals surface area (Å²) in [4.78, 5) is 39.9. The Kier molecular flexibility index (Phi) is 9.52. The Morgan fingerprint density at radius 1 is 0.889 bits per heavy atom. The molecule has 0 aliphatic carbocycles. The van der Waals surface area contributed by atoms with Gasteiger partial charge in [0.15, 0.2) is 0 Å². The molecule has 10 nitrogen and oxygen atoms in total. The summed E-state index contributed by atoms with van der Waals surface area (Å²) >= 11 is 3.51. The lowest BCUT2D eigenvalue weighted by Crippen LogP contribution is -2.36. The van der Waals surface area contributed by atoms with E-state index in [2.05, 4.69) is 21.2 Å². The van der Waals surface area contributed by atoms with Crippen LogP contribution >= 0.6 is 15.9 Å². The number of amides is 3. The fourth-order valence-corrected chi connectivity index (χ4v) is 5.65. The first-order valence-electron chi connectivity index (χ1n) is 14.6. The number of ether oxygens (including phenoxy) is 3. The van der Waals surface area contributed by atoms with E-state index in [0.717, 1.165) is 0 Å². The summed E-state index contributed by atoms with van der Waals surface area (Å²) in [5.74, 6) is 0.310. The molecule has 0 bridgehead atoms. The van der Waals surface area contributed by atoms with Crippen molar-refractivity contribution < 1.29 is 38.1 Å². The molecule has 5 rings (SSSR count). The summed E-state index contributed by atoms with van der Waals surface area (Å²) in [6.45, 7) is 7.03. The molecule has 45 heavy (non-hydrogen) atoms. The van der Waals surface area contributed by atoms with Gasteiger partial charge in [-0.25, -0.2) is 14.0 Å². The zero-order chi connectivity index (χ0) is 32.3. The van der Waals surface area contributed by atoms with Gasteiger partial charge < -0.3 is 34.4 Å². The molecule has 238 valence electrons. The molecule has 2 atom stereocenters. The lowest BCUT2D eigenvalue weighted by Gasteiger charge is -2.24. The fraction of sp³-hybridized carbons (Fsp3) is 0.364. The molecular weight excluding hydrogens is 649 g/mol. The molecule has 2 aliphatic heterocycles. The highest BCUT2D eigenvalue weighted by Crippen LogP contribution is 2.35. The maximum absolute atomic E-state index is 13.7. The lowest BCUT2D eigenvalue weighted by molar-refractivity contribution is 0.0275. The molecule has 0 unspecified atom stereocenters. The van der Waals surface area contributed by atoms with Gasteiger partial charge in [-0.3, -0.25) is 4.79 Å². The molecule has 2 heterocycles. The van der Waals surface area contributed by atoms with Gasteiger partial charge in [0.1, 0.15) is 35.1 Å². The van der Waals surface area contributed by atoms with E-state index in [1.54, 1.807) is 53.4 Å². The number of halogens is 2. The molecule has 3 amide bonds. The first-order chi connectivity index (χ1) is 21.3. The fourth-order valence-electron chi connectivity index (χ4n) is 5.18. The minimum Gasteiger partial charge on any atom is -0.488 e. The number of nitrogens with one attached hydrogen (secondary N) is 1. The average molecular weight is 685 g/mol. The molecule has 2 aliphatic rings. The highest BCUT2D eigenvalue weighted by Gasteiger charge is 2.31. The van der Waals surface area contributed by atoms with Crippen LogP contribution in [0.4, 0.5) is 19.7 Å². The lowest BCUT2D eigenvalue weighted by atomic mass is 10.0. The van der Waals surface area contributed by atoms with Gasteiger partial charge in [-0.05, 0) is 90.8 Å². The predicted molar refractivity (Wildman–Crippen MR) is 169 cm³/mol. The van der Waals surface area contributed by atoms with Crippen molar-refractivity contribution in [2.45, 2.75) is 51.4 Å². The molecule has 0 spiro atoms. The van der Waals surface area contributed by atoms with E-state index in [1.165, 1.54) is 17.0 Å². The number of likely N-dealkylation sites (tertiary alicyclic amines) is 2. The van der Waals surface area contributed by atoms with Gasteiger partial charge >= 0.3 is 12.2 Å². The minimum atomic E-state index is -0.993. The molecule has 0 aromatic heterocycles. The Bertz CT molecular complexity index is 1580.